The molecule has 20 heavy (non-hydrogen) atoms. The summed E-state index contributed by atoms with van der Waals surface area (Å²) in [4.78, 5) is 4.42. The van der Waals surface area contributed by atoms with E-state index in [1.165, 1.54) is 0 Å². The van der Waals surface area contributed by atoms with Crippen LogP contribution in [0.1, 0.15) is 18.9 Å². The zero-order chi connectivity index (χ0) is 14.6. The average molecular weight is 271 g/mol. The van der Waals surface area contributed by atoms with Gasteiger partial charge in [0.1, 0.15) is 11.9 Å². The van der Waals surface area contributed by atoms with Crippen molar-refractivity contribution in [1.82, 2.24) is 4.98 Å². The van der Waals surface area contributed by atoms with Gasteiger partial charge in [0.05, 0.1) is 29.8 Å². The number of pyridine rings is 1. The van der Waals surface area contributed by atoms with E-state index in [4.69, 9.17) is 0 Å². The standard InChI is InChI=1S/C15H17N3O2/c1-2-15(9-19,10-20)18-14-12(8-16)7-11-5-3-4-6-13(11)17-14/h3-7,19-20H,2,9-10H2,1H3,(H,17,18). The summed E-state index contributed by atoms with van der Waals surface area (Å²) in [5.74, 6) is 0.385. The summed E-state index contributed by atoms with van der Waals surface area (Å²) >= 11 is 0. The smallest absolute Gasteiger partial charge is 0.145 e. The van der Waals surface area contributed by atoms with Gasteiger partial charge in [0, 0.05) is 5.39 Å². The molecule has 2 aromatic rings. The third-order valence-electron chi connectivity index (χ3n) is 3.51. The van der Waals surface area contributed by atoms with Crippen LogP contribution in [0, 0.1) is 11.3 Å². The predicted octanol–water partition coefficient (Wildman–Crippen LogP) is 1.65. The van der Waals surface area contributed by atoms with Crippen molar-refractivity contribution in [2.45, 2.75) is 18.9 Å². The number of para-hydroxylation sites is 1. The molecule has 104 valence electrons. The molecule has 0 radical (unpaired) electrons. The first-order valence-electron chi connectivity index (χ1n) is 6.48. The van der Waals surface area contributed by atoms with E-state index in [2.05, 4.69) is 16.4 Å². The first-order valence-corrected chi connectivity index (χ1v) is 6.48. The van der Waals surface area contributed by atoms with Gasteiger partial charge >= 0.3 is 0 Å². The predicted molar refractivity (Wildman–Crippen MR) is 77.3 cm³/mol. The Labute approximate surface area is 117 Å². The Bertz CT molecular complexity index is 637. The van der Waals surface area contributed by atoms with Gasteiger partial charge < -0.3 is 15.5 Å². The molecule has 0 bridgehead atoms. The van der Waals surface area contributed by atoms with Crippen LogP contribution in [0.4, 0.5) is 5.82 Å². The molecular formula is C15H17N3O2. The van der Waals surface area contributed by atoms with E-state index in [0.717, 1.165) is 10.9 Å². The van der Waals surface area contributed by atoms with Crippen LogP contribution in [0.15, 0.2) is 30.3 Å². The maximum absolute atomic E-state index is 9.48. The van der Waals surface area contributed by atoms with E-state index in [9.17, 15) is 15.5 Å². The molecule has 0 unspecified atom stereocenters. The molecule has 0 aliphatic rings. The van der Waals surface area contributed by atoms with Crippen molar-refractivity contribution in [2.24, 2.45) is 0 Å². The first kappa shape index (κ1) is 14.3. The lowest BCUT2D eigenvalue weighted by Gasteiger charge is -2.30. The Balaban J connectivity index is 2.50. The number of nitriles is 1. The SMILES string of the molecule is CCC(CO)(CO)Nc1nc2ccccc2cc1C#N. The average Bonchev–Trinajstić information content (AvgIpc) is 2.52. The Morgan fingerprint density at radius 1 is 1.30 bits per heavy atom. The van der Waals surface area contributed by atoms with Crippen LogP contribution in [-0.2, 0) is 0 Å². The number of aliphatic hydroxyl groups excluding tert-OH is 2. The number of hydrogen-bond donors (Lipinski definition) is 3. The van der Waals surface area contributed by atoms with Crippen LogP contribution in [0.2, 0.25) is 0 Å². The van der Waals surface area contributed by atoms with E-state index < -0.39 is 5.54 Å². The second-order valence-corrected chi connectivity index (χ2v) is 4.76. The molecule has 1 aromatic heterocycles. The minimum Gasteiger partial charge on any atom is -0.394 e. The van der Waals surface area contributed by atoms with Gasteiger partial charge in [-0.05, 0) is 18.6 Å². The summed E-state index contributed by atoms with van der Waals surface area (Å²) in [6.45, 7) is 1.38. The van der Waals surface area contributed by atoms with E-state index in [1.807, 2.05) is 31.2 Å². The van der Waals surface area contributed by atoms with Crippen molar-refractivity contribution in [3.8, 4) is 6.07 Å². The van der Waals surface area contributed by atoms with Gasteiger partial charge in [-0.3, -0.25) is 0 Å². The molecule has 0 aliphatic carbocycles. The molecular weight excluding hydrogens is 254 g/mol. The van der Waals surface area contributed by atoms with Crippen LogP contribution >= 0.6 is 0 Å². The summed E-state index contributed by atoms with van der Waals surface area (Å²) in [7, 11) is 0. The molecule has 0 fully saturated rings. The largest absolute Gasteiger partial charge is 0.394 e. The van der Waals surface area contributed by atoms with Gasteiger partial charge in [-0.15, -0.1) is 0 Å². The molecule has 3 N–H and O–H groups in total. The number of nitrogens with one attached hydrogen (secondary N) is 1. The fraction of sp³-hybridized carbons (Fsp3) is 0.333. The fourth-order valence-corrected chi connectivity index (χ4v) is 1.99. The van der Waals surface area contributed by atoms with E-state index >= 15 is 0 Å². The van der Waals surface area contributed by atoms with Crippen LogP contribution in [0.3, 0.4) is 0 Å². The molecule has 0 spiro atoms. The van der Waals surface area contributed by atoms with Crippen molar-refractivity contribution in [3.63, 3.8) is 0 Å². The second-order valence-electron chi connectivity index (χ2n) is 4.76. The molecule has 1 aromatic carbocycles. The molecule has 0 atom stereocenters. The van der Waals surface area contributed by atoms with Gasteiger partial charge in [-0.2, -0.15) is 5.26 Å². The Hall–Kier alpha value is -2.16. The zero-order valence-electron chi connectivity index (χ0n) is 11.3. The van der Waals surface area contributed by atoms with Gasteiger partial charge in [0.15, 0.2) is 0 Å². The molecule has 1 heterocycles. The third kappa shape index (κ3) is 2.57. The minimum absolute atomic E-state index is 0.237. The Morgan fingerprint density at radius 3 is 2.60 bits per heavy atom. The highest BCUT2D eigenvalue weighted by Gasteiger charge is 2.27. The molecule has 0 amide bonds. The maximum Gasteiger partial charge on any atom is 0.145 e. The number of fused-ring (bicyclic) bond motifs is 1. The number of rotatable bonds is 5. The molecule has 2 rings (SSSR count). The lowest BCUT2D eigenvalue weighted by molar-refractivity contribution is 0.132. The molecule has 0 saturated heterocycles. The molecule has 0 aliphatic heterocycles. The fourth-order valence-electron chi connectivity index (χ4n) is 1.99. The lowest BCUT2D eigenvalue weighted by Crippen LogP contribution is -2.45. The quantitative estimate of drug-likeness (QED) is 0.769. The highest BCUT2D eigenvalue weighted by Crippen LogP contribution is 2.24. The summed E-state index contributed by atoms with van der Waals surface area (Å²) < 4.78 is 0. The van der Waals surface area contributed by atoms with Crippen LogP contribution < -0.4 is 5.32 Å². The summed E-state index contributed by atoms with van der Waals surface area (Å²) in [5, 5.41) is 32.1. The third-order valence-corrected chi connectivity index (χ3v) is 3.51. The first-order chi connectivity index (χ1) is 9.68. The number of nitrogens with zero attached hydrogens (tertiary/aromatic N) is 2. The number of aromatic nitrogens is 1. The van der Waals surface area contributed by atoms with Crippen molar-refractivity contribution < 1.29 is 10.2 Å². The van der Waals surface area contributed by atoms with Crippen molar-refractivity contribution >= 4 is 16.7 Å². The molecule has 5 heteroatoms. The maximum atomic E-state index is 9.48. The highest BCUT2D eigenvalue weighted by atomic mass is 16.3. The topological polar surface area (TPSA) is 89.2 Å². The van der Waals surface area contributed by atoms with Crippen molar-refractivity contribution in [3.05, 3.63) is 35.9 Å². The van der Waals surface area contributed by atoms with Gasteiger partial charge in [-0.25, -0.2) is 4.98 Å². The number of benzene rings is 1. The van der Waals surface area contributed by atoms with E-state index in [1.54, 1.807) is 6.07 Å². The summed E-state index contributed by atoms with van der Waals surface area (Å²) in [6.07, 6.45) is 0.513. The zero-order valence-corrected chi connectivity index (χ0v) is 11.3. The second kappa shape index (κ2) is 5.87. The minimum atomic E-state index is -0.874. The number of hydrogen-bond acceptors (Lipinski definition) is 5. The summed E-state index contributed by atoms with van der Waals surface area (Å²) in [6, 6.07) is 11.3. The monoisotopic (exact) mass is 271 g/mol. The molecule has 0 saturated carbocycles. The van der Waals surface area contributed by atoms with Crippen LogP contribution in [0.25, 0.3) is 10.9 Å². The lowest BCUT2D eigenvalue weighted by atomic mass is 9.98. The number of aliphatic hydroxyl groups is 2. The van der Waals surface area contributed by atoms with Crippen LogP contribution in [-0.4, -0.2) is 33.9 Å². The summed E-state index contributed by atoms with van der Waals surface area (Å²) in [5.41, 5.74) is 0.277. The van der Waals surface area contributed by atoms with Crippen molar-refractivity contribution in [1.29, 1.82) is 5.26 Å². The van der Waals surface area contributed by atoms with Gasteiger partial charge in [0.25, 0.3) is 0 Å². The Kier molecular flexibility index (Phi) is 4.18. The van der Waals surface area contributed by atoms with E-state index in [-0.39, 0.29) is 13.2 Å². The molecule has 5 nitrogen and oxygen atoms in total. The van der Waals surface area contributed by atoms with Gasteiger partial charge in [0.2, 0.25) is 0 Å². The normalized spacial score (nSPS) is 11.3. The van der Waals surface area contributed by atoms with Crippen molar-refractivity contribution in [2.75, 3.05) is 18.5 Å². The van der Waals surface area contributed by atoms with Gasteiger partial charge in [-0.1, -0.05) is 25.1 Å². The number of anilines is 1. The van der Waals surface area contributed by atoms with E-state index in [0.29, 0.717) is 17.8 Å². The van der Waals surface area contributed by atoms with Crippen LogP contribution in [0.5, 0.6) is 0 Å². The highest BCUT2D eigenvalue weighted by molar-refractivity contribution is 5.82. The Morgan fingerprint density at radius 2 is 2.00 bits per heavy atom.